The van der Waals surface area contributed by atoms with Gasteiger partial charge in [0.25, 0.3) is 5.91 Å². The SMILES string of the molecule is NC(=O)c1cccnc1NC1CCCNCC1. The van der Waals surface area contributed by atoms with E-state index in [0.717, 1.165) is 32.4 Å². The number of pyridine rings is 1. The number of rotatable bonds is 3. The van der Waals surface area contributed by atoms with Crippen LogP contribution in [-0.4, -0.2) is 30.0 Å². The summed E-state index contributed by atoms with van der Waals surface area (Å²) in [5.41, 5.74) is 5.78. The molecule has 1 aromatic heterocycles. The highest BCUT2D eigenvalue weighted by Crippen LogP contribution is 2.16. The Morgan fingerprint density at radius 2 is 2.35 bits per heavy atom. The van der Waals surface area contributed by atoms with Gasteiger partial charge in [0, 0.05) is 12.2 Å². The fourth-order valence-corrected chi connectivity index (χ4v) is 2.08. The van der Waals surface area contributed by atoms with Gasteiger partial charge in [-0.25, -0.2) is 4.98 Å². The van der Waals surface area contributed by atoms with Crippen LogP contribution in [0.3, 0.4) is 0 Å². The van der Waals surface area contributed by atoms with Gasteiger partial charge in [-0.2, -0.15) is 0 Å². The number of hydrogen-bond donors (Lipinski definition) is 3. The summed E-state index contributed by atoms with van der Waals surface area (Å²) in [4.78, 5) is 15.5. The Morgan fingerprint density at radius 1 is 1.47 bits per heavy atom. The minimum absolute atomic E-state index is 0.359. The molecule has 0 saturated carbocycles. The number of nitrogens with zero attached hydrogens (tertiary/aromatic N) is 1. The molecule has 1 aliphatic heterocycles. The number of carbonyl (C=O) groups is 1. The molecule has 1 atom stereocenters. The maximum atomic E-state index is 11.3. The second-order valence-corrected chi connectivity index (χ2v) is 4.29. The van der Waals surface area contributed by atoms with Crippen molar-refractivity contribution in [1.29, 1.82) is 0 Å². The lowest BCUT2D eigenvalue weighted by Gasteiger charge is -2.17. The fraction of sp³-hybridized carbons (Fsp3) is 0.500. The fourth-order valence-electron chi connectivity index (χ4n) is 2.08. The van der Waals surface area contributed by atoms with Crippen molar-refractivity contribution in [2.45, 2.75) is 25.3 Å². The van der Waals surface area contributed by atoms with Gasteiger partial charge in [0.05, 0.1) is 5.56 Å². The normalized spacial score (nSPS) is 20.6. The molecule has 0 radical (unpaired) electrons. The van der Waals surface area contributed by atoms with E-state index in [1.165, 1.54) is 0 Å². The first-order valence-corrected chi connectivity index (χ1v) is 5.99. The lowest BCUT2D eigenvalue weighted by Crippen LogP contribution is -2.24. The summed E-state index contributed by atoms with van der Waals surface area (Å²) in [6, 6.07) is 3.78. The number of amides is 1. The summed E-state index contributed by atoms with van der Waals surface area (Å²) in [5.74, 6) is 0.166. The van der Waals surface area contributed by atoms with E-state index in [-0.39, 0.29) is 0 Å². The maximum absolute atomic E-state index is 11.3. The van der Waals surface area contributed by atoms with Gasteiger partial charge >= 0.3 is 0 Å². The second-order valence-electron chi connectivity index (χ2n) is 4.29. The molecule has 1 amide bonds. The number of primary amides is 1. The molecular formula is C12H18N4O. The highest BCUT2D eigenvalue weighted by atomic mass is 16.1. The van der Waals surface area contributed by atoms with E-state index in [1.54, 1.807) is 18.3 Å². The molecule has 1 saturated heterocycles. The first kappa shape index (κ1) is 11.9. The van der Waals surface area contributed by atoms with Gasteiger partial charge in [0.2, 0.25) is 0 Å². The van der Waals surface area contributed by atoms with E-state index >= 15 is 0 Å². The highest BCUT2D eigenvalue weighted by molar-refractivity contribution is 5.97. The summed E-state index contributed by atoms with van der Waals surface area (Å²) in [5, 5.41) is 6.67. The Morgan fingerprint density at radius 3 is 3.18 bits per heavy atom. The first-order chi connectivity index (χ1) is 8.27. The van der Waals surface area contributed by atoms with E-state index in [4.69, 9.17) is 5.73 Å². The Labute approximate surface area is 101 Å². The maximum Gasteiger partial charge on any atom is 0.252 e. The second kappa shape index (κ2) is 5.63. The topological polar surface area (TPSA) is 80.0 Å². The van der Waals surface area contributed by atoms with Crippen molar-refractivity contribution in [3.63, 3.8) is 0 Å². The minimum atomic E-state index is -0.438. The molecule has 5 heteroatoms. The van der Waals surface area contributed by atoms with E-state index in [1.807, 2.05) is 0 Å². The lowest BCUT2D eigenvalue weighted by molar-refractivity contribution is 0.100. The van der Waals surface area contributed by atoms with Crippen LogP contribution in [0.15, 0.2) is 18.3 Å². The standard InChI is InChI=1S/C12H18N4O/c13-11(17)10-4-2-7-15-12(10)16-9-3-1-6-14-8-5-9/h2,4,7,9,14H,1,3,5-6,8H2,(H2,13,17)(H,15,16). The van der Waals surface area contributed by atoms with Crippen molar-refractivity contribution >= 4 is 11.7 Å². The molecule has 0 aliphatic carbocycles. The molecule has 17 heavy (non-hydrogen) atoms. The summed E-state index contributed by atoms with van der Waals surface area (Å²) in [6.07, 6.45) is 4.93. The van der Waals surface area contributed by atoms with E-state index < -0.39 is 5.91 Å². The third kappa shape index (κ3) is 3.17. The molecule has 92 valence electrons. The number of hydrogen-bond acceptors (Lipinski definition) is 4. The Kier molecular flexibility index (Phi) is 3.93. The van der Waals surface area contributed by atoms with E-state index in [9.17, 15) is 4.79 Å². The summed E-state index contributed by atoms with van der Waals surface area (Å²) < 4.78 is 0. The van der Waals surface area contributed by atoms with Crippen molar-refractivity contribution in [2.24, 2.45) is 5.73 Å². The zero-order valence-corrected chi connectivity index (χ0v) is 9.78. The minimum Gasteiger partial charge on any atom is -0.367 e. The highest BCUT2D eigenvalue weighted by Gasteiger charge is 2.15. The molecule has 2 heterocycles. The van der Waals surface area contributed by atoms with Crippen molar-refractivity contribution < 1.29 is 4.79 Å². The number of nitrogens with two attached hydrogens (primary N) is 1. The van der Waals surface area contributed by atoms with Gasteiger partial charge in [-0.3, -0.25) is 4.79 Å². The van der Waals surface area contributed by atoms with Crippen molar-refractivity contribution in [3.8, 4) is 0 Å². The number of carbonyl (C=O) groups excluding carboxylic acids is 1. The summed E-state index contributed by atoms with van der Waals surface area (Å²) in [6.45, 7) is 2.06. The zero-order valence-electron chi connectivity index (χ0n) is 9.78. The smallest absolute Gasteiger partial charge is 0.252 e. The van der Waals surface area contributed by atoms with Gasteiger partial charge in [0.1, 0.15) is 5.82 Å². The van der Waals surface area contributed by atoms with Crippen molar-refractivity contribution in [1.82, 2.24) is 10.3 Å². The van der Waals surface area contributed by atoms with Crippen LogP contribution in [0.2, 0.25) is 0 Å². The van der Waals surface area contributed by atoms with Gasteiger partial charge < -0.3 is 16.4 Å². The molecule has 4 N–H and O–H groups in total. The van der Waals surface area contributed by atoms with Crippen LogP contribution in [0.25, 0.3) is 0 Å². The molecule has 1 aliphatic rings. The summed E-state index contributed by atoms with van der Waals surface area (Å²) >= 11 is 0. The Bertz CT molecular complexity index is 386. The summed E-state index contributed by atoms with van der Waals surface area (Å²) in [7, 11) is 0. The molecule has 5 nitrogen and oxygen atoms in total. The van der Waals surface area contributed by atoms with E-state index in [0.29, 0.717) is 17.4 Å². The van der Waals surface area contributed by atoms with E-state index in [2.05, 4.69) is 15.6 Å². The van der Waals surface area contributed by atoms with Gasteiger partial charge in [0.15, 0.2) is 0 Å². The van der Waals surface area contributed by atoms with Crippen LogP contribution in [0, 0.1) is 0 Å². The quantitative estimate of drug-likeness (QED) is 0.720. The van der Waals surface area contributed by atoms with Crippen LogP contribution < -0.4 is 16.4 Å². The Hall–Kier alpha value is -1.62. The van der Waals surface area contributed by atoms with Crippen molar-refractivity contribution in [3.05, 3.63) is 23.9 Å². The van der Waals surface area contributed by atoms with Crippen LogP contribution in [-0.2, 0) is 0 Å². The average Bonchev–Trinajstić information content (AvgIpc) is 2.58. The van der Waals surface area contributed by atoms with Gasteiger partial charge in [-0.15, -0.1) is 0 Å². The molecule has 1 fully saturated rings. The Balaban J connectivity index is 2.09. The molecule has 1 aromatic rings. The van der Waals surface area contributed by atoms with Crippen LogP contribution in [0.4, 0.5) is 5.82 Å². The number of nitrogens with one attached hydrogen (secondary N) is 2. The van der Waals surface area contributed by atoms with Gasteiger partial charge in [-0.1, -0.05) is 0 Å². The predicted molar refractivity (Wildman–Crippen MR) is 66.9 cm³/mol. The third-order valence-corrected chi connectivity index (χ3v) is 2.99. The molecule has 2 rings (SSSR count). The van der Waals surface area contributed by atoms with Crippen LogP contribution in [0.5, 0.6) is 0 Å². The zero-order chi connectivity index (χ0) is 12.1. The molecule has 0 spiro atoms. The number of aromatic nitrogens is 1. The molecule has 0 bridgehead atoms. The first-order valence-electron chi connectivity index (χ1n) is 5.99. The van der Waals surface area contributed by atoms with Crippen molar-refractivity contribution in [2.75, 3.05) is 18.4 Å². The lowest BCUT2D eigenvalue weighted by atomic mass is 10.1. The molecule has 1 unspecified atom stereocenters. The third-order valence-electron chi connectivity index (χ3n) is 2.99. The molecular weight excluding hydrogens is 216 g/mol. The van der Waals surface area contributed by atoms with Gasteiger partial charge in [-0.05, 0) is 44.5 Å². The average molecular weight is 234 g/mol. The number of anilines is 1. The van der Waals surface area contributed by atoms with Crippen LogP contribution >= 0.6 is 0 Å². The predicted octanol–water partition coefficient (Wildman–Crippen LogP) is 0.735. The van der Waals surface area contributed by atoms with Crippen LogP contribution in [0.1, 0.15) is 29.6 Å². The monoisotopic (exact) mass is 234 g/mol. The largest absolute Gasteiger partial charge is 0.367 e. The molecule has 0 aromatic carbocycles.